The number of fused-ring (bicyclic) bond motifs is 1. The zero-order valence-corrected chi connectivity index (χ0v) is 18.9. The number of oxime groups is 1. The molecule has 172 valence electrons. The summed E-state index contributed by atoms with van der Waals surface area (Å²) in [5, 5.41) is 25.5. The molecule has 1 aromatic rings. The van der Waals surface area contributed by atoms with Crippen molar-refractivity contribution in [2.45, 2.75) is 23.9 Å². The van der Waals surface area contributed by atoms with Gasteiger partial charge in [0.25, 0.3) is 11.8 Å². The maximum atomic E-state index is 12.8. The fraction of sp³-hybridized carbons (Fsp3) is 0.471. The van der Waals surface area contributed by atoms with E-state index in [1.165, 1.54) is 33.8 Å². The molecule has 2 amide bonds. The number of thioether (sulfide) groups is 2. The molecular formula is C17H19N5O7S3. The van der Waals surface area contributed by atoms with Crippen molar-refractivity contribution in [2.24, 2.45) is 5.16 Å². The number of thiazole rings is 1. The number of carboxylic acids is 1. The molecule has 3 atom stereocenters. The summed E-state index contributed by atoms with van der Waals surface area (Å²) in [6.07, 6.45) is 0.670. The van der Waals surface area contributed by atoms with E-state index in [0.29, 0.717) is 29.4 Å². The number of carbonyl (C=O) groups excluding carboxylic acids is 2. The van der Waals surface area contributed by atoms with E-state index in [1.807, 2.05) is 0 Å². The number of nitrogens with two attached hydrogens (primary N) is 1. The maximum Gasteiger partial charge on any atom is 0.353 e. The van der Waals surface area contributed by atoms with Crippen LogP contribution < -0.4 is 11.1 Å². The molecular weight excluding hydrogens is 482 g/mol. The largest absolute Gasteiger partial charge is 0.477 e. The number of hydrogen-bond acceptors (Lipinski definition) is 12. The molecule has 3 aliphatic rings. The lowest BCUT2D eigenvalue weighted by Crippen LogP contribution is -2.71. The van der Waals surface area contributed by atoms with Crippen LogP contribution in [0.25, 0.3) is 0 Å². The third kappa shape index (κ3) is 4.43. The highest BCUT2D eigenvalue weighted by atomic mass is 32.2. The Balaban J connectivity index is 1.44. The summed E-state index contributed by atoms with van der Waals surface area (Å²) >= 11 is 3.77. The van der Waals surface area contributed by atoms with Gasteiger partial charge < -0.3 is 30.8 Å². The van der Waals surface area contributed by atoms with E-state index in [1.54, 1.807) is 0 Å². The molecule has 4 heterocycles. The van der Waals surface area contributed by atoms with E-state index in [-0.39, 0.29) is 35.1 Å². The van der Waals surface area contributed by atoms with Crippen molar-refractivity contribution >= 4 is 63.5 Å². The first-order chi connectivity index (χ1) is 15.4. The number of carbonyl (C=O) groups is 3. The Morgan fingerprint density at radius 1 is 1.47 bits per heavy atom. The number of aliphatic carboxylic acids is 1. The van der Waals surface area contributed by atoms with E-state index in [9.17, 15) is 24.7 Å². The van der Waals surface area contributed by atoms with Crippen molar-refractivity contribution < 1.29 is 34.2 Å². The van der Waals surface area contributed by atoms with Crippen molar-refractivity contribution in [3.05, 3.63) is 21.7 Å². The van der Waals surface area contributed by atoms with Gasteiger partial charge in [-0.3, -0.25) is 14.5 Å². The fourth-order valence-corrected chi connectivity index (χ4v) is 6.60. The molecule has 0 radical (unpaired) electrons. The van der Waals surface area contributed by atoms with Gasteiger partial charge in [-0.1, -0.05) is 5.16 Å². The van der Waals surface area contributed by atoms with Crippen LogP contribution in [0.4, 0.5) is 5.13 Å². The second kappa shape index (κ2) is 9.66. The van der Waals surface area contributed by atoms with Crippen molar-refractivity contribution in [2.75, 3.05) is 30.6 Å². The number of anilines is 1. The average Bonchev–Trinajstić information content (AvgIpc) is 3.22. The van der Waals surface area contributed by atoms with Crippen LogP contribution >= 0.6 is 34.9 Å². The van der Waals surface area contributed by atoms with Gasteiger partial charge in [0.05, 0.1) is 12.7 Å². The zero-order chi connectivity index (χ0) is 22.8. The molecule has 12 nitrogen and oxygen atoms in total. The predicted octanol–water partition coefficient (Wildman–Crippen LogP) is 0.0959. The number of rotatable bonds is 7. The highest BCUT2D eigenvalue weighted by Crippen LogP contribution is 2.43. The third-order valence-corrected chi connectivity index (χ3v) is 8.28. The molecule has 0 bridgehead atoms. The Kier molecular flexibility index (Phi) is 6.90. The lowest BCUT2D eigenvalue weighted by Gasteiger charge is -2.49. The molecule has 0 spiro atoms. The first-order valence-electron chi connectivity index (χ1n) is 9.38. The Bertz CT molecular complexity index is 991. The van der Waals surface area contributed by atoms with E-state index in [0.717, 1.165) is 11.3 Å². The zero-order valence-electron chi connectivity index (χ0n) is 16.4. The number of amides is 2. The molecule has 5 N–H and O–H groups in total. The standard InChI is InChI=1S/C17H19N5O7S3/c18-17-19-8(4-32-17)10(21-27)13(23)20-11-14(24)22-12(16(25)26)9(5-31-15(11)22)30-3-7-1-2-28-6-29-7/h4,7,11,15,27H,1-3,5-6H2,(H2,18,19)(H,20,23)(H,25,26)/b21-10-. The second-order valence-electron chi connectivity index (χ2n) is 6.87. The molecule has 3 aliphatic heterocycles. The van der Waals surface area contributed by atoms with Gasteiger partial charge in [-0.05, 0) is 6.42 Å². The summed E-state index contributed by atoms with van der Waals surface area (Å²) < 4.78 is 10.6. The van der Waals surface area contributed by atoms with Gasteiger partial charge in [-0.2, -0.15) is 0 Å². The smallest absolute Gasteiger partial charge is 0.353 e. The van der Waals surface area contributed by atoms with Crippen LogP contribution in [0.3, 0.4) is 0 Å². The lowest BCUT2D eigenvalue weighted by atomic mass is 10.0. The van der Waals surface area contributed by atoms with Crippen molar-refractivity contribution in [1.29, 1.82) is 0 Å². The molecule has 0 aromatic carbocycles. The van der Waals surface area contributed by atoms with Gasteiger partial charge >= 0.3 is 5.97 Å². The normalized spacial score (nSPS) is 25.9. The van der Waals surface area contributed by atoms with Gasteiger partial charge in [0, 0.05) is 21.8 Å². The minimum absolute atomic E-state index is 0.0471. The molecule has 32 heavy (non-hydrogen) atoms. The Hall–Kier alpha value is -2.33. The molecule has 0 aliphatic carbocycles. The third-order valence-electron chi connectivity index (χ3n) is 4.92. The summed E-state index contributed by atoms with van der Waals surface area (Å²) in [5.41, 5.74) is 5.16. The van der Waals surface area contributed by atoms with Crippen LogP contribution in [0.15, 0.2) is 21.1 Å². The van der Waals surface area contributed by atoms with Crippen LogP contribution in [0.2, 0.25) is 0 Å². The number of carboxylic acid groups (broad SMARTS) is 1. The van der Waals surface area contributed by atoms with E-state index < -0.39 is 29.2 Å². The number of ether oxygens (including phenoxy) is 2. The summed E-state index contributed by atoms with van der Waals surface area (Å²) in [5.74, 6) is -1.65. The van der Waals surface area contributed by atoms with E-state index in [4.69, 9.17) is 15.2 Å². The topological polar surface area (TPSA) is 177 Å². The van der Waals surface area contributed by atoms with Gasteiger partial charge in [-0.15, -0.1) is 34.9 Å². The van der Waals surface area contributed by atoms with Crippen LogP contribution in [-0.4, -0.2) is 86.1 Å². The SMILES string of the molecule is Nc1nc(/C(=N/O)C(=O)NC2C(=O)N3C(C(=O)O)=C(SCC4CCOCO4)CSC23)cs1. The first kappa shape index (κ1) is 22.8. The summed E-state index contributed by atoms with van der Waals surface area (Å²) in [7, 11) is 0. The van der Waals surface area contributed by atoms with Gasteiger partial charge in [0.2, 0.25) is 0 Å². The fourth-order valence-electron chi connectivity index (χ4n) is 3.35. The maximum absolute atomic E-state index is 12.8. The second-order valence-corrected chi connectivity index (χ2v) is 9.98. The number of nitrogen functional groups attached to an aromatic ring is 1. The van der Waals surface area contributed by atoms with Crippen LogP contribution in [-0.2, 0) is 23.9 Å². The Labute approximate surface area is 194 Å². The van der Waals surface area contributed by atoms with Crippen LogP contribution in [0.5, 0.6) is 0 Å². The molecule has 2 saturated heterocycles. The highest BCUT2D eigenvalue weighted by Gasteiger charge is 2.54. The number of nitrogens with zero attached hydrogens (tertiary/aromatic N) is 3. The Morgan fingerprint density at radius 3 is 2.91 bits per heavy atom. The van der Waals surface area contributed by atoms with Gasteiger partial charge in [0.1, 0.15) is 29.6 Å². The van der Waals surface area contributed by atoms with E-state index >= 15 is 0 Å². The average molecular weight is 502 g/mol. The number of hydrogen-bond donors (Lipinski definition) is 4. The van der Waals surface area contributed by atoms with Crippen LogP contribution in [0.1, 0.15) is 12.1 Å². The summed E-state index contributed by atoms with van der Waals surface area (Å²) in [6, 6.07) is -0.958. The predicted molar refractivity (Wildman–Crippen MR) is 117 cm³/mol. The number of nitrogens with one attached hydrogen (secondary N) is 1. The summed E-state index contributed by atoms with van der Waals surface area (Å²) in [6.45, 7) is 0.803. The molecule has 1 aromatic heterocycles. The first-order valence-corrected chi connectivity index (χ1v) is 12.3. The van der Waals surface area contributed by atoms with E-state index in [2.05, 4.69) is 15.5 Å². The van der Waals surface area contributed by atoms with Crippen molar-refractivity contribution in [1.82, 2.24) is 15.2 Å². The monoisotopic (exact) mass is 501 g/mol. The molecule has 4 rings (SSSR count). The minimum atomic E-state index is -1.21. The molecule has 0 saturated carbocycles. The van der Waals surface area contributed by atoms with Gasteiger partial charge in [-0.25, -0.2) is 9.78 Å². The summed E-state index contributed by atoms with van der Waals surface area (Å²) in [4.78, 5) is 42.9. The van der Waals surface area contributed by atoms with Gasteiger partial charge in [0.15, 0.2) is 10.8 Å². The molecule has 15 heteroatoms. The van der Waals surface area contributed by atoms with Crippen LogP contribution in [0, 0.1) is 0 Å². The quantitative estimate of drug-likeness (QED) is 0.172. The highest BCUT2D eigenvalue weighted by molar-refractivity contribution is 8.06. The van der Waals surface area contributed by atoms with Crippen molar-refractivity contribution in [3.8, 4) is 0 Å². The Morgan fingerprint density at radius 2 is 2.28 bits per heavy atom. The lowest BCUT2D eigenvalue weighted by molar-refractivity contribution is -0.150. The molecule has 2 fully saturated rings. The minimum Gasteiger partial charge on any atom is -0.477 e. The number of aromatic nitrogens is 1. The van der Waals surface area contributed by atoms with Crippen molar-refractivity contribution in [3.63, 3.8) is 0 Å². The molecule has 3 unspecified atom stereocenters. The number of β-lactam (4-membered cyclic amide) rings is 1.